The zero-order chi connectivity index (χ0) is 25.9. The van der Waals surface area contributed by atoms with E-state index in [0.717, 1.165) is 23.1 Å². The van der Waals surface area contributed by atoms with E-state index in [-0.39, 0.29) is 12.3 Å². The van der Waals surface area contributed by atoms with Gasteiger partial charge >= 0.3 is 5.97 Å². The van der Waals surface area contributed by atoms with Gasteiger partial charge in [-0.3, -0.25) is 9.59 Å². The van der Waals surface area contributed by atoms with Crippen molar-refractivity contribution in [2.75, 3.05) is 30.4 Å². The molecule has 5 aliphatic rings. The number of carboxylic acid groups (broad SMARTS) is 1. The number of hydrogen-bond donors (Lipinski definition) is 3. The van der Waals surface area contributed by atoms with Gasteiger partial charge in [-0.25, -0.2) is 5.84 Å². The molecule has 8 heteroatoms. The van der Waals surface area contributed by atoms with Crippen molar-refractivity contribution in [3.8, 4) is 5.75 Å². The van der Waals surface area contributed by atoms with Gasteiger partial charge in [0.25, 0.3) is 5.91 Å². The molecular formula is C29H30N4O4. The molecule has 1 unspecified atom stereocenters. The number of anilines is 2. The fraction of sp³-hybridized carbons (Fsp3) is 0.241. The van der Waals surface area contributed by atoms with Crippen LogP contribution in [-0.4, -0.2) is 41.6 Å². The summed E-state index contributed by atoms with van der Waals surface area (Å²) in [6.45, 7) is 1.87. The molecule has 8 rings (SSSR count). The SMILES string of the molecule is Nc1cc2ccc1N(N)C/C=C/COc1ccc(cc1)C(=O)N1CCc3ccc(cc3C1)C2CC(=O)O. The first-order valence-electron chi connectivity index (χ1n) is 12.3. The summed E-state index contributed by atoms with van der Waals surface area (Å²) in [5.41, 5.74) is 12.0. The van der Waals surface area contributed by atoms with Gasteiger partial charge < -0.3 is 25.5 Å². The summed E-state index contributed by atoms with van der Waals surface area (Å²) < 4.78 is 5.77. The Hall–Kier alpha value is -4.30. The third-order valence-corrected chi connectivity index (χ3v) is 6.99. The lowest BCUT2D eigenvalue weighted by atomic mass is 9.85. The second-order valence-electron chi connectivity index (χ2n) is 9.43. The highest BCUT2D eigenvalue weighted by Crippen LogP contribution is 2.34. The van der Waals surface area contributed by atoms with Crippen LogP contribution >= 0.6 is 0 Å². The second-order valence-corrected chi connectivity index (χ2v) is 9.43. The normalized spacial score (nSPS) is 18.4. The van der Waals surface area contributed by atoms with E-state index >= 15 is 0 Å². The van der Waals surface area contributed by atoms with Gasteiger partial charge in [-0.2, -0.15) is 0 Å². The number of carbonyl (C=O) groups excluding carboxylic acids is 1. The molecule has 3 aromatic carbocycles. The van der Waals surface area contributed by atoms with Gasteiger partial charge in [0.2, 0.25) is 0 Å². The summed E-state index contributed by atoms with van der Waals surface area (Å²) in [7, 11) is 0. The van der Waals surface area contributed by atoms with Gasteiger partial charge in [0, 0.05) is 24.6 Å². The summed E-state index contributed by atoms with van der Waals surface area (Å²) in [4.78, 5) is 26.9. The van der Waals surface area contributed by atoms with Crippen LogP contribution in [0, 0.1) is 0 Å². The average molecular weight is 499 g/mol. The number of ether oxygens (including phenoxy) is 1. The molecule has 0 fully saturated rings. The van der Waals surface area contributed by atoms with E-state index < -0.39 is 11.9 Å². The standard InChI is InChI=1S/C29H30N4O4/c30-26-16-22-7-10-27(26)33(31)12-1-2-14-37-24-8-5-20(6-9-24)29(36)32-13-11-19-3-4-21(15-23(19)18-32)25(22)17-28(34)35/h1-10,15-16,25H,11-14,17-18,30-31H2,(H,34,35)/b2-1+. The molecule has 190 valence electrons. The highest BCUT2D eigenvalue weighted by molar-refractivity contribution is 5.94. The van der Waals surface area contributed by atoms with Crippen molar-refractivity contribution in [1.82, 2.24) is 4.90 Å². The Bertz CT molecular complexity index is 1350. The number of amides is 1. The topological polar surface area (TPSA) is 122 Å². The van der Waals surface area contributed by atoms with Gasteiger partial charge in [-0.1, -0.05) is 30.3 Å². The highest BCUT2D eigenvalue weighted by Gasteiger charge is 2.25. The monoisotopic (exact) mass is 498 g/mol. The molecule has 1 amide bonds. The molecule has 5 heterocycles. The number of hydrazine groups is 1. The zero-order valence-electron chi connectivity index (χ0n) is 20.5. The van der Waals surface area contributed by atoms with Crippen LogP contribution in [0.1, 0.15) is 45.0 Å². The number of benzene rings is 3. The molecular weight excluding hydrogens is 468 g/mol. The quantitative estimate of drug-likeness (QED) is 0.280. The Kier molecular flexibility index (Phi) is 6.83. The van der Waals surface area contributed by atoms with E-state index in [1.54, 1.807) is 30.3 Å². The van der Waals surface area contributed by atoms with Crippen LogP contribution in [0.2, 0.25) is 0 Å². The third-order valence-electron chi connectivity index (χ3n) is 6.99. The number of nitrogens with two attached hydrogens (primary N) is 2. The van der Waals surface area contributed by atoms with E-state index in [0.29, 0.717) is 48.9 Å². The maximum Gasteiger partial charge on any atom is 0.304 e. The zero-order valence-corrected chi connectivity index (χ0v) is 20.5. The van der Waals surface area contributed by atoms with E-state index in [2.05, 4.69) is 6.07 Å². The van der Waals surface area contributed by atoms with Crippen LogP contribution in [0.5, 0.6) is 5.75 Å². The molecule has 0 aliphatic carbocycles. The summed E-state index contributed by atoms with van der Waals surface area (Å²) >= 11 is 0. The Balaban J connectivity index is 1.56. The van der Waals surface area contributed by atoms with Crippen molar-refractivity contribution < 1.29 is 19.4 Å². The fourth-order valence-corrected chi connectivity index (χ4v) is 5.00. The Morgan fingerprint density at radius 2 is 1.76 bits per heavy atom. The lowest BCUT2D eigenvalue weighted by Gasteiger charge is -2.30. The number of nitrogen functional groups attached to an aromatic ring is 1. The molecule has 3 aromatic rings. The molecule has 1 atom stereocenters. The fourth-order valence-electron chi connectivity index (χ4n) is 5.00. The van der Waals surface area contributed by atoms with Crippen LogP contribution in [0.25, 0.3) is 0 Å². The molecule has 7 bridgehead atoms. The molecule has 37 heavy (non-hydrogen) atoms. The minimum Gasteiger partial charge on any atom is -0.490 e. The van der Waals surface area contributed by atoms with Crippen LogP contribution in [0.4, 0.5) is 11.4 Å². The molecule has 0 spiro atoms. The molecule has 5 N–H and O–H groups in total. The molecule has 0 radical (unpaired) electrons. The van der Waals surface area contributed by atoms with Gasteiger partial charge in [0.05, 0.1) is 24.3 Å². The van der Waals surface area contributed by atoms with Gasteiger partial charge in [0.15, 0.2) is 0 Å². The average Bonchev–Trinajstić information content (AvgIpc) is 2.90. The lowest BCUT2D eigenvalue weighted by molar-refractivity contribution is -0.137. The first-order chi connectivity index (χ1) is 17.9. The summed E-state index contributed by atoms with van der Waals surface area (Å²) in [5, 5.41) is 11.2. The van der Waals surface area contributed by atoms with E-state index in [1.807, 2.05) is 41.3 Å². The maximum atomic E-state index is 13.2. The Morgan fingerprint density at radius 3 is 2.51 bits per heavy atom. The van der Waals surface area contributed by atoms with Crippen molar-refractivity contribution in [2.24, 2.45) is 5.84 Å². The first-order valence-corrected chi connectivity index (χ1v) is 12.3. The Morgan fingerprint density at radius 1 is 1.00 bits per heavy atom. The first kappa shape index (κ1) is 24.4. The number of carbonyl (C=O) groups is 2. The predicted octanol–water partition coefficient (Wildman–Crippen LogP) is 3.70. The van der Waals surface area contributed by atoms with E-state index in [9.17, 15) is 14.7 Å². The molecule has 0 saturated carbocycles. The van der Waals surface area contributed by atoms with Crippen molar-refractivity contribution in [2.45, 2.75) is 25.3 Å². The molecule has 0 aromatic heterocycles. The third kappa shape index (κ3) is 5.29. The maximum absolute atomic E-state index is 13.2. The van der Waals surface area contributed by atoms with Gasteiger partial charge in [-0.05, 0) is 71.1 Å². The summed E-state index contributed by atoms with van der Waals surface area (Å²) in [6, 6.07) is 18.7. The Labute approximate surface area is 215 Å². The lowest BCUT2D eigenvalue weighted by Crippen LogP contribution is -2.36. The van der Waals surface area contributed by atoms with E-state index in [1.165, 1.54) is 10.6 Å². The van der Waals surface area contributed by atoms with Crippen LogP contribution in [0.15, 0.2) is 72.8 Å². The van der Waals surface area contributed by atoms with Crippen LogP contribution < -0.4 is 21.3 Å². The van der Waals surface area contributed by atoms with Gasteiger partial charge in [-0.15, -0.1) is 0 Å². The van der Waals surface area contributed by atoms with Gasteiger partial charge in [0.1, 0.15) is 12.4 Å². The number of aliphatic carboxylic acids is 1. The minimum atomic E-state index is -0.899. The number of hydrogen-bond acceptors (Lipinski definition) is 6. The highest BCUT2D eigenvalue weighted by atomic mass is 16.5. The smallest absolute Gasteiger partial charge is 0.304 e. The number of rotatable bonds is 2. The van der Waals surface area contributed by atoms with Crippen LogP contribution in [-0.2, 0) is 17.8 Å². The minimum absolute atomic E-state index is 0.0399. The number of carboxylic acids is 1. The summed E-state index contributed by atoms with van der Waals surface area (Å²) in [5.74, 6) is 5.59. The molecule has 5 aliphatic heterocycles. The van der Waals surface area contributed by atoms with Crippen molar-refractivity contribution in [3.05, 3.63) is 101 Å². The van der Waals surface area contributed by atoms with Crippen LogP contribution in [0.3, 0.4) is 0 Å². The van der Waals surface area contributed by atoms with Crippen molar-refractivity contribution in [3.63, 3.8) is 0 Å². The molecule has 0 saturated heterocycles. The number of nitrogens with zero attached hydrogens (tertiary/aromatic N) is 2. The van der Waals surface area contributed by atoms with E-state index in [4.69, 9.17) is 16.3 Å². The van der Waals surface area contributed by atoms with Crippen molar-refractivity contribution in [1.29, 1.82) is 0 Å². The predicted molar refractivity (Wildman–Crippen MR) is 142 cm³/mol. The summed E-state index contributed by atoms with van der Waals surface area (Å²) in [6.07, 6.45) is 4.42. The second kappa shape index (κ2) is 10.4. The van der Waals surface area contributed by atoms with Crippen molar-refractivity contribution >= 4 is 23.3 Å². The molecule has 8 nitrogen and oxygen atoms in total. The largest absolute Gasteiger partial charge is 0.490 e.